The minimum absolute atomic E-state index is 0.0719. The summed E-state index contributed by atoms with van der Waals surface area (Å²) in [5, 5.41) is 13.5. The molecule has 0 atom stereocenters. The van der Waals surface area contributed by atoms with Crippen LogP contribution in [-0.2, 0) is 0 Å². The van der Waals surface area contributed by atoms with Gasteiger partial charge in [0, 0.05) is 0 Å². The zero-order valence-electron chi connectivity index (χ0n) is 7.99. The van der Waals surface area contributed by atoms with Gasteiger partial charge < -0.3 is 20.9 Å². The molecule has 0 aromatic carbocycles. The molecule has 86 valence electrons. The Morgan fingerprint density at radius 3 is 1.56 bits per heavy atom. The molecule has 2 rings (SSSR count). The fraction of sp³-hybridized carbons (Fsp3) is 0.333. The van der Waals surface area contributed by atoms with E-state index in [4.69, 9.17) is 20.9 Å². The molecule has 2 aromatic rings. The normalized spacial score (nSPS) is 10.2. The molecule has 16 heavy (non-hydrogen) atoms. The maximum absolute atomic E-state index is 5.35. The Balaban J connectivity index is 1.74. The molecular formula is C6H8N6O4. The van der Waals surface area contributed by atoms with Gasteiger partial charge in [-0.2, -0.15) is 0 Å². The van der Waals surface area contributed by atoms with Crippen LogP contribution in [0.3, 0.4) is 0 Å². The van der Waals surface area contributed by atoms with E-state index in [9.17, 15) is 0 Å². The fourth-order valence-corrected chi connectivity index (χ4v) is 0.852. The first-order valence-electron chi connectivity index (χ1n) is 4.19. The monoisotopic (exact) mass is 228 g/mol. The molecule has 0 amide bonds. The van der Waals surface area contributed by atoms with E-state index in [0.29, 0.717) is 0 Å². The van der Waals surface area contributed by atoms with Crippen molar-refractivity contribution in [2.75, 3.05) is 24.7 Å². The number of anilines is 2. The van der Waals surface area contributed by atoms with Gasteiger partial charge >= 0.3 is 0 Å². The van der Waals surface area contributed by atoms with Gasteiger partial charge in [-0.3, -0.25) is 0 Å². The van der Waals surface area contributed by atoms with Crippen molar-refractivity contribution >= 4 is 11.6 Å². The van der Waals surface area contributed by atoms with Crippen molar-refractivity contribution in [2.45, 2.75) is 0 Å². The number of hydrogen-bond acceptors (Lipinski definition) is 10. The van der Waals surface area contributed by atoms with Gasteiger partial charge in [0.2, 0.25) is 11.6 Å². The van der Waals surface area contributed by atoms with Crippen molar-refractivity contribution in [1.82, 2.24) is 20.6 Å². The van der Waals surface area contributed by atoms with Crippen molar-refractivity contribution in [1.29, 1.82) is 0 Å². The molecule has 0 aliphatic heterocycles. The van der Waals surface area contributed by atoms with Crippen molar-refractivity contribution < 1.29 is 18.7 Å². The predicted octanol–water partition coefficient (Wildman–Crippen LogP) is -0.925. The van der Waals surface area contributed by atoms with E-state index >= 15 is 0 Å². The van der Waals surface area contributed by atoms with Gasteiger partial charge in [0.1, 0.15) is 13.2 Å². The molecular weight excluding hydrogens is 220 g/mol. The predicted molar refractivity (Wildman–Crippen MR) is 48.4 cm³/mol. The topological polar surface area (TPSA) is 148 Å². The molecule has 0 aliphatic rings. The van der Waals surface area contributed by atoms with Crippen LogP contribution in [0.1, 0.15) is 0 Å². The van der Waals surface area contributed by atoms with E-state index in [1.807, 2.05) is 0 Å². The molecule has 4 N–H and O–H groups in total. The van der Waals surface area contributed by atoms with Crippen LogP contribution in [0, 0.1) is 0 Å². The number of hydrogen-bond donors (Lipinski definition) is 2. The molecule has 0 bridgehead atoms. The molecule has 0 fully saturated rings. The van der Waals surface area contributed by atoms with Crippen molar-refractivity contribution in [3.8, 4) is 11.8 Å². The highest BCUT2D eigenvalue weighted by atomic mass is 16.6. The number of ether oxygens (including phenoxy) is 2. The van der Waals surface area contributed by atoms with E-state index in [-0.39, 0.29) is 36.6 Å². The molecule has 10 nitrogen and oxygen atoms in total. The number of nitrogens with zero attached hydrogens (tertiary/aromatic N) is 4. The third kappa shape index (κ3) is 2.10. The molecule has 2 heterocycles. The molecule has 0 unspecified atom stereocenters. The van der Waals surface area contributed by atoms with Gasteiger partial charge in [0.05, 0.1) is 0 Å². The maximum atomic E-state index is 5.35. The highest BCUT2D eigenvalue weighted by Crippen LogP contribution is 2.15. The largest absolute Gasteiger partial charge is 0.469 e. The summed E-state index contributed by atoms with van der Waals surface area (Å²) in [7, 11) is 0. The molecule has 2 aromatic heterocycles. The summed E-state index contributed by atoms with van der Waals surface area (Å²) in [5.41, 5.74) is 10.7. The van der Waals surface area contributed by atoms with E-state index in [1.54, 1.807) is 0 Å². The van der Waals surface area contributed by atoms with Gasteiger partial charge in [0.25, 0.3) is 11.8 Å². The van der Waals surface area contributed by atoms with Crippen molar-refractivity contribution in [2.24, 2.45) is 0 Å². The van der Waals surface area contributed by atoms with E-state index in [0.717, 1.165) is 0 Å². The van der Waals surface area contributed by atoms with Crippen molar-refractivity contribution in [3.63, 3.8) is 0 Å². The smallest absolute Gasteiger partial charge is 0.300 e. The zero-order chi connectivity index (χ0) is 11.4. The van der Waals surface area contributed by atoms with Gasteiger partial charge in [-0.1, -0.05) is 0 Å². The lowest BCUT2D eigenvalue weighted by Gasteiger charge is -2.02. The lowest BCUT2D eigenvalue weighted by molar-refractivity contribution is 0.189. The minimum Gasteiger partial charge on any atom is -0.469 e. The quantitative estimate of drug-likeness (QED) is 0.614. The zero-order valence-corrected chi connectivity index (χ0v) is 7.99. The Morgan fingerprint density at radius 2 is 1.25 bits per heavy atom. The molecule has 0 saturated heterocycles. The van der Waals surface area contributed by atoms with Crippen LogP contribution in [-0.4, -0.2) is 33.8 Å². The van der Waals surface area contributed by atoms with Crippen LogP contribution in [0.15, 0.2) is 9.26 Å². The first-order chi connectivity index (χ1) is 7.77. The Hall–Kier alpha value is -2.52. The molecule has 0 spiro atoms. The highest BCUT2D eigenvalue weighted by Gasteiger charge is 2.09. The van der Waals surface area contributed by atoms with E-state index in [2.05, 4.69) is 29.9 Å². The number of aromatic nitrogens is 4. The van der Waals surface area contributed by atoms with E-state index < -0.39 is 0 Å². The first kappa shape index (κ1) is 10.0. The van der Waals surface area contributed by atoms with Crippen LogP contribution >= 0.6 is 0 Å². The minimum atomic E-state index is 0.0719. The second-order valence-corrected chi connectivity index (χ2v) is 2.61. The first-order valence-corrected chi connectivity index (χ1v) is 4.19. The van der Waals surface area contributed by atoms with Crippen molar-refractivity contribution in [3.05, 3.63) is 0 Å². The Kier molecular flexibility index (Phi) is 2.71. The van der Waals surface area contributed by atoms with Gasteiger partial charge in [0.15, 0.2) is 0 Å². The van der Waals surface area contributed by atoms with E-state index in [1.165, 1.54) is 0 Å². The third-order valence-electron chi connectivity index (χ3n) is 1.52. The maximum Gasteiger partial charge on any atom is 0.300 e. The second kappa shape index (κ2) is 4.33. The number of rotatable bonds is 5. The molecule has 0 radical (unpaired) electrons. The van der Waals surface area contributed by atoms with Crippen LogP contribution in [0.25, 0.3) is 0 Å². The Morgan fingerprint density at radius 1 is 0.812 bits per heavy atom. The average molecular weight is 228 g/mol. The molecule has 0 saturated carbocycles. The van der Waals surface area contributed by atoms with Crippen LogP contribution in [0.2, 0.25) is 0 Å². The summed E-state index contributed by atoms with van der Waals surface area (Å²) < 4.78 is 18.8. The SMILES string of the molecule is Nc1nonc1OCCOc1nonc1N. The summed E-state index contributed by atoms with van der Waals surface area (Å²) in [5.74, 6) is 0.356. The van der Waals surface area contributed by atoms with Gasteiger partial charge in [-0.15, -0.1) is 0 Å². The van der Waals surface area contributed by atoms with Crippen LogP contribution in [0.4, 0.5) is 11.6 Å². The van der Waals surface area contributed by atoms with Crippen LogP contribution < -0.4 is 20.9 Å². The van der Waals surface area contributed by atoms with Gasteiger partial charge in [-0.05, 0) is 20.6 Å². The fourth-order valence-electron chi connectivity index (χ4n) is 0.852. The van der Waals surface area contributed by atoms with Crippen LogP contribution in [0.5, 0.6) is 11.8 Å². The lowest BCUT2D eigenvalue weighted by Crippen LogP contribution is -2.10. The number of nitrogen functional groups attached to an aromatic ring is 2. The Bertz CT molecular complexity index is 411. The molecule has 10 heteroatoms. The Labute approximate surface area is 88.4 Å². The summed E-state index contributed by atoms with van der Waals surface area (Å²) >= 11 is 0. The summed E-state index contributed by atoms with van der Waals surface area (Å²) in [4.78, 5) is 0. The summed E-state index contributed by atoms with van der Waals surface area (Å²) in [6.45, 7) is 0.343. The standard InChI is InChI=1S/C6H8N6O4/c7-3-5(11-15-9-3)13-1-2-14-6-4(8)10-16-12-6/h1-2H2,(H2,7,9)(H2,8,10). The average Bonchev–Trinajstić information content (AvgIpc) is 2.84. The summed E-state index contributed by atoms with van der Waals surface area (Å²) in [6.07, 6.45) is 0. The van der Waals surface area contributed by atoms with Gasteiger partial charge in [-0.25, -0.2) is 9.26 Å². The third-order valence-corrected chi connectivity index (χ3v) is 1.52. The lowest BCUT2D eigenvalue weighted by atomic mass is 10.7. The summed E-state index contributed by atoms with van der Waals surface area (Å²) in [6, 6.07) is 0. The number of nitrogens with two attached hydrogens (primary N) is 2. The highest BCUT2D eigenvalue weighted by molar-refractivity contribution is 5.37. The molecule has 0 aliphatic carbocycles. The second-order valence-electron chi connectivity index (χ2n) is 2.61.